The molecule has 1 heterocycles. The van der Waals surface area contributed by atoms with E-state index in [1.165, 1.54) is 4.31 Å². The third kappa shape index (κ3) is 5.85. The number of nitrogens with zero attached hydrogens (tertiary/aromatic N) is 1. The lowest BCUT2D eigenvalue weighted by molar-refractivity contribution is -0.127. The summed E-state index contributed by atoms with van der Waals surface area (Å²) >= 11 is 12.3. The van der Waals surface area contributed by atoms with Crippen LogP contribution in [0.25, 0.3) is 0 Å². The lowest BCUT2D eigenvalue weighted by atomic mass is 9.91. The van der Waals surface area contributed by atoms with Crippen molar-refractivity contribution in [1.82, 2.24) is 9.62 Å². The van der Waals surface area contributed by atoms with Gasteiger partial charge >= 0.3 is 0 Å². The highest BCUT2D eigenvalue weighted by Gasteiger charge is 2.34. The van der Waals surface area contributed by atoms with E-state index in [0.29, 0.717) is 46.8 Å². The molecule has 1 unspecified atom stereocenters. The molecule has 1 aromatic rings. The van der Waals surface area contributed by atoms with Gasteiger partial charge < -0.3 is 5.32 Å². The van der Waals surface area contributed by atoms with E-state index in [4.69, 9.17) is 23.2 Å². The van der Waals surface area contributed by atoms with Crippen molar-refractivity contribution in [2.75, 3.05) is 13.1 Å². The molecule has 2 rings (SSSR count). The fourth-order valence-electron chi connectivity index (χ4n) is 3.74. The number of rotatable bonds is 7. The Bertz CT molecular complexity index is 768. The van der Waals surface area contributed by atoms with Gasteiger partial charge in [0.25, 0.3) is 0 Å². The minimum Gasteiger partial charge on any atom is -0.353 e. The van der Waals surface area contributed by atoms with Crippen LogP contribution >= 0.6 is 23.2 Å². The molecule has 1 atom stereocenters. The van der Waals surface area contributed by atoms with Crippen molar-refractivity contribution >= 4 is 39.1 Å². The number of halogens is 2. The number of hydrogen-bond acceptors (Lipinski definition) is 3. The molecule has 0 saturated carbocycles. The average molecular weight is 449 g/mol. The zero-order chi connectivity index (χ0) is 21.1. The summed E-state index contributed by atoms with van der Waals surface area (Å²) in [6.07, 6.45) is 1.34. The van der Waals surface area contributed by atoms with Gasteiger partial charge in [0.1, 0.15) is 0 Å². The number of piperidine rings is 1. The van der Waals surface area contributed by atoms with Crippen molar-refractivity contribution < 1.29 is 13.2 Å². The first-order valence-corrected chi connectivity index (χ1v) is 12.1. The van der Waals surface area contributed by atoms with Crippen molar-refractivity contribution in [1.29, 1.82) is 0 Å². The second-order valence-corrected chi connectivity index (χ2v) is 11.0. The number of amides is 1. The first-order chi connectivity index (χ1) is 13.0. The van der Waals surface area contributed by atoms with E-state index in [1.807, 2.05) is 0 Å². The number of hydrogen-bond donors (Lipinski definition) is 1. The van der Waals surface area contributed by atoms with Gasteiger partial charge in [-0.3, -0.25) is 4.79 Å². The van der Waals surface area contributed by atoms with Gasteiger partial charge in [-0.1, -0.05) is 57.0 Å². The summed E-state index contributed by atoms with van der Waals surface area (Å²) in [5, 5.41) is 3.79. The summed E-state index contributed by atoms with van der Waals surface area (Å²) in [6, 6.07) is 5.01. The molecule has 1 amide bonds. The Hall–Kier alpha value is -0.820. The topological polar surface area (TPSA) is 66.5 Å². The number of sulfonamides is 1. The third-order valence-corrected chi connectivity index (χ3v) is 7.76. The maximum atomic E-state index is 12.9. The zero-order valence-corrected chi connectivity index (χ0v) is 19.2. The minimum absolute atomic E-state index is 0.0666. The van der Waals surface area contributed by atoms with Crippen LogP contribution in [-0.4, -0.2) is 37.8 Å². The Kier molecular flexibility index (Phi) is 8.20. The molecule has 0 aliphatic carbocycles. The van der Waals surface area contributed by atoms with Gasteiger partial charge in [0, 0.05) is 34.7 Å². The molecule has 158 valence electrons. The molecule has 1 N–H and O–H groups in total. The number of carbonyl (C=O) groups excluding carboxylic acids is 1. The molecule has 1 saturated heterocycles. The van der Waals surface area contributed by atoms with Gasteiger partial charge in [-0.25, -0.2) is 12.7 Å². The summed E-state index contributed by atoms with van der Waals surface area (Å²) in [5.41, 5.74) is 0.400. The highest BCUT2D eigenvalue weighted by Crippen LogP contribution is 2.29. The van der Waals surface area contributed by atoms with Crippen LogP contribution in [0.4, 0.5) is 0 Å². The van der Waals surface area contributed by atoms with Crippen LogP contribution in [0.5, 0.6) is 0 Å². The SMILES string of the molecule is CC(C)C(NC(=O)C1CCCN(S(=O)(=O)Cc2c(Cl)cccc2Cl)C1)C(C)C. The predicted octanol–water partition coefficient (Wildman–Crippen LogP) is 4.33. The fraction of sp³-hybridized carbons (Fsp3) is 0.650. The second kappa shape index (κ2) is 9.79. The van der Waals surface area contributed by atoms with Gasteiger partial charge in [0.2, 0.25) is 15.9 Å². The third-order valence-electron chi connectivity index (χ3n) is 5.28. The standard InChI is InChI=1S/C20H30Cl2N2O3S/c1-13(2)19(14(3)4)23-20(25)15-7-6-10-24(11-15)28(26,27)12-16-17(21)8-5-9-18(16)22/h5,8-9,13-15,19H,6-7,10-12H2,1-4H3,(H,23,25). The van der Waals surface area contributed by atoms with Gasteiger partial charge in [-0.2, -0.15) is 0 Å². The Morgan fingerprint density at radius 2 is 1.75 bits per heavy atom. The van der Waals surface area contributed by atoms with E-state index in [9.17, 15) is 13.2 Å². The molecule has 0 radical (unpaired) electrons. The maximum Gasteiger partial charge on any atom is 0.224 e. The minimum atomic E-state index is -3.62. The molecule has 0 aromatic heterocycles. The molecule has 1 aromatic carbocycles. The van der Waals surface area contributed by atoms with Crippen LogP contribution in [0, 0.1) is 17.8 Å². The summed E-state index contributed by atoms with van der Waals surface area (Å²) < 4.78 is 27.3. The smallest absolute Gasteiger partial charge is 0.224 e. The lowest BCUT2D eigenvalue weighted by Gasteiger charge is -2.33. The fourth-order valence-corrected chi connectivity index (χ4v) is 6.10. The first-order valence-electron chi connectivity index (χ1n) is 9.74. The lowest BCUT2D eigenvalue weighted by Crippen LogP contribution is -2.50. The summed E-state index contributed by atoms with van der Waals surface area (Å²) in [7, 11) is -3.62. The van der Waals surface area contributed by atoms with E-state index in [-0.39, 0.29) is 30.2 Å². The quantitative estimate of drug-likeness (QED) is 0.674. The monoisotopic (exact) mass is 448 g/mol. The number of carbonyl (C=O) groups is 1. The Morgan fingerprint density at radius 1 is 1.18 bits per heavy atom. The molecular weight excluding hydrogens is 419 g/mol. The number of benzene rings is 1. The molecule has 8 heteroatoms. The molecule has 1 aliphatic rings. The molecule has 28 heavy (non-hydrogen) atoms. The van der Waals surface area contributed by atoms with Crippen molar-refractivity contribution in [3.05, 3.63) is 33.8 Å². The molecule has 0 spiro atoms. The van der Waals surface area contributed by atoms with E-state index < -0.39 is 10.0 Å². The van der Waals surface area contributed by atoms with Gasteiger partial charge in [0.15, 0.2) is 0 Å². The van der Waals surface area contributed by atoms with Crippen molar-refractivity contribution in [2.45, 2.75) is 52.3 Å². The van der Waals surface area contributed by atoms with Gasteiger partial charge in [-0.05, 0) is 36.8 Å². The van der Waals surface area contributed by atoms with Crippen molar-refractivity contribution in [3.8, 4) is 0 Å². The van der Waals surface area contributed by atoms with E-state index in [0.717, 1.165) is 0 Å². The van der Waals surface area contributed by atoms with Crippen molar-refractivity contribution in [2.24, 2.45) is 17.8 Å². The second-order valence-electron chi connectivity index (χ2n) is 8.18. The van der Waals surface area contributed by atoms with Crippen LogP contribution in [0.2, 0.25) is 10.0 Å². The van der Waals surface area contributed by atoms with Crippen molar-refractivity contribution in [3.63, 3.8) is 0 Å². The summed E-state index contributed by atoms with van der Waals surface area (Å²) in [4.78, 5) is 12.8. The highest BCUT2D eigenvalue weighted by atomic mass is 35.5. The molecule has 5 nitrogen and oxygen atoms in total. The van der Waals surface area contributed by atoms with Crippen LogP contribution in [0.3, 0.4) is 0 Å². The Balaban J connectivity index is 2.10. The van der Waals surface area contributed by atoms with Crippen LogP contribution in [-0.2, 0) is 20.6 Å². The largest absolute Gasteiger partial charge is 0.353 e. The zero-order valence-electron chi connectivity index (χ0n) is 16.9. The summed E-state index contributed by atoms with van der Waals surface area (Å²) in [5.74, 6) is -0.0432. The maximum absolute atomic E-state index is 12.9. The van der Waals surface area contributed by atoms with Crippen LogP contribution < -0.4 is 5.32 Å². The average Bonchev–Trinajstić information content (AvgIpc) is 2.62. The normalized spacial score (nSPS) is 18.8. The van der Waals surface area contributed by atoms with Gasteiger partial charge in [0.05, 0.1) is 11.7 Å². The molecule has 1 fully saturated rings. The van der Waals surface area contributed by atoms with E-state index in [1.54, 1.807) is 18.2 Å². The number of nitrogens with one attached hydrogen (secondary N) is 1. The molecule has 1 aliphatic heterocycles. The Labute approximate surface area is 178 Å². The molecule has 0 bridgehead atoms. The highest BCUT2D eigenvalue weighted by molar-refractivity contribution is 7.88. The Morgan fingerprint density at radius 3 is 2.29 bits per heavy atom. The van der Waals surface area contributed by atoms with Gasteiger partial charge in [-0.15, -0.1) is 0 Å². The first kappa shape index (κ1) is 23.5. The predicted molar refractivity (Wildman–Crippen MR) is 115 cm³/mol. The summed E-state index contributed by atoms with van der Waals surface area (Å²) in [6.45, 7) is 8.92. The van der Waals surface area contributed by atoms with Crippen LogP contribution in [0.1, 0.15) is 46.1 Å². The van der Waals surface area contributed by atoms with E-state index >= 15 is 0 Å². The van der Waals surface area contributed by atoms with Crippen LogP contribution in [0.15, 0.2) is 18.2 Å². The van der Waals surface area contributed by atoms with E-state index in [2.05, 4.69) is 33.0 Å². The molecular formula is C20H30Cl2N2O3S.